The first kappa shape index (κ1) is 11.1. The highest BCUT2D eigenvalue weighted by Crippen LogP contribution is 1.88. The molecule has 0 saturated heterocycles. The fourth-order valence-electron chi connectivity index (χ4n) is 0.354. The van der Waals surface area contributed by atoms with Crippen molar-refractivity contribution in [3.8, 4) is 0 Å². The highest BCUT2D eigenvalue weighted by Gasteiger charge is 1.68. The van der Waals surface area contributed by atoms with Crippen LogP contribution in [0.5, 0.6) is 0 Å². The Balaban J connectivity index is 0. The maximum Gasteiger partial charge on any atom is -0.0431 e. The molecule has 0 rings (SSSR count). The van der Waals surface area contributed by atoms with Crippen molar-refractivity contribution in [2.24, 2.45) is 0 Å². The lowest BCUT2D eigenvalue weighted by molar-refractivity contribution is -0.415. The molecule has 0 fully saturated rings. The van der Waals surface area contributed by atoms with Crippen molar-refractivity contribution >= 4 is 6.16 Å². The van der Waals surface area contributed by atoms with Gasteiger partial charge in [0.05, 0.1) is 0 Å². The summed E-state index contributed by atoms with van der Waals surface area (Å²) in [6.45, 7) is 4.42. The van der Waals surface area contributed by atoms with E-state index < -0.39 is 6.16 Å². The van der Waals surface area contributed by atoms with E-state index in [0.717, 1.165) is 0 Å². The number of hydrogen-bond acceptors (Lipinski definition) is 3. The zero-order chi connectivity index (χ0) is 7.70. The standard InChI is InChI=1S/C5H12.CH2O3/c1-3-5-4-2;2-1(3)4/h3-5H2,1-2H3;(H2,2,3,4)/p-2. The highest BCUT2D eigenvalue weighted by molar-refractivity contribution is 5.47. The molecule has 3 nitrogen and oxygen atoms in total. The molecule has 0 atom stereocenters. The van der Waals surface area contributed by atoms with Gasteiger partial charge < -0.3 is 15.0 Å². The second kappa shape index (κ2) is 10.3. The summed E-state index contributed by atoms with van der Waals surface area (Å²) < 4.78 is 0. The topological polar surface area (TPSA) is 63.2 Å². The van der Waals surface area contributed by atoms with Gasteiger partial charge in [-0.2, -0.15) is 0 Å². The average molecular weight is 132 g/mol. The van der Waals surface area contributed by atoms with Crippen molar-refractivity contribution in [3.05, 3.63) is 0 Å². The summed E-state index contributed by atoms with van der Waals surface area (Å²) in [7, 11) is 0. The second-order valence-electron chi connectivity index (χ2n) is 1.60. The molecule has 0 N–H and O–H groups in total. The first-order chi connectivity index (χ1) is 4.15. The molecule has 9 heavy (non-hydrogen) atoms. The summed E-state index contributed by atoms with van der Waals surface area (Å²) in [5.41, 5.74) is 0. The van der Waals surface area contributed by atoms with Crippen molar-refractivity contribution in [2.75, 3.05) is 0 Å². The Hall–Kier alpha value is -0.730. The van der Waals surface area contributed by atoms with E-state index in [-0.39, 0.29) is 0 Å². The molecule has 0 aromatic rings. The van der Waals surface area contributed by atoms with Crippen LogP contribution in [0.4, 0.5) is 4.79 Å². The Morgan fingerprint density at radius 2 is 1.44 bits per heavy atom. The van der Waals surface area contributed by atoms with E-state index in [1.54, 1.807) is 0 Å². The molecule has 0 aliphatic heterocycles. The molecule has 56 valence electrons. The van der Waals surface area contributed by atoms with Crippen LogP contribution in [-0.4, -0.2) is 6.16 Å². The van der Waals surface area contributed by atoms with Crippen LogP contribution in [0.2, 0.25) is 0 Å². The normalized spacial score (nSPS) is 7.33. The molecule has 0 spiro atoms. The zero-order valence-electron chi connectivity index (χ0n) is 5.85. The molecule has 0 bridgehead atoms. The molecular formula is C6H12O3-2. The van der Waals surface area contributed by atoms with Gasteiger partial charge in [0.25, 0.3) is 0 Å². The summed E-state index contributed by atoms with van der Waals surface area (Å²) in [6, 6.07) is 0. The minimum Gasteiger partial charge on any atom is -0.652 e. The summed E-state index contributed by atoms with van der Waals surface area (Å²) >= 11 is 0. The van der Waals surface area contributed by atoms with Gasteiger partial charge in [0.2, 0.25) is 0 Å². The van der Waals surface area contributed by atoms with Gasteiger partial charge in [-0.15, -0.1) is 0 Å². The summed E-state index contributed by atoms with van der Waals surface area (Å²) in [5.74, 6) is 0. The molecule has 0 aromatic carbocycles. The molecule has 0 amide bonds. The fraction of sp³-hybridized carbons (Fsp3) is 0.833. The quantitative estimate of drug-likeness (QED) is 0.520. The van der Waals surface area contributed by atoms with Crippen molar-refractivity contribution < 1.29 is 15.0 Å². The van der Waals surface area contributed by atoms with E-state index in [0.29, 0.717) is 0 Å². The molecule has 0 saturated carbocycles. The Morgan fingerprint density at radius 1 is 1.22 bits per heavy atom. The number of unbranched alkanes of at least 4 members (excludes halogenated alkanes) is 2. The van der Waals surface area contributed by atoms with Crippen LogP contribution in [0.3, 0.4) is 0 Å². The van der Waals surface area contributed by atoms with E-state index in [4.69, 9.17) is 15.0 Å². The van der Waals surface area contributed by atoms with E-state index in [1.165, 1.54) is 19.3 Å². The third-order valence-corrected chi connectivity index (χ3v) is 0.707. The van der Waals surface area contributed by atoms with E-state index >= 15 is 0 Å². The summed E-state index contributed by atoms with van der Waals surface area (Å²) in [5, 5.41) is 16.7. The van der Waals surface area contributed by atoms with E-state index in [2.05, 4.69) is 13.8 Å². The monoisotopic (exact) mass is 132 g/mol. The molecular weight excluding hydrogens is 120 g/mol. The van der Waals surface area contributed by atoms with Crippen LogP contribution in [-0.2, 0) is 0 Å². The summed E-state index contributed by atoms with van der Waals surface area (Å²) in [4.78, 5) is 8.33. The van der Waals surface area contributed by atoms with E-state index in [9.17, 15) is 0 Å². The lowest BCUT2D eigenvalue weighted by Crippen LogP contribution is -2.37. The van der Waals surface area contributed by atoms with Gasteiger partial charge in [-0.1, -0.05) is 33.1 Å². The van der Waals surface area contributed by atoms with Gasteiger partial charge in [0.1, 0.15) is 0 Å². The van der Waals surface area contributed by atoms with Crippen molar-refractivity contribution in [1.82, 2.24) is 0 Å². The molecule has 0 aliphatic rings. The Morgan fingerprint density at radius 3 is 1.44 bits per heavy atom. The number of rotatable bonds is 2. The second-order valence-corrected chi connectivity index (χ2v) is 1.60. The van der Waals surface area contributed by atoms with E-state index in [1.807, 2.05) is 0 Å². The summed E-state index contributed by atoms with van der Waals surface area (Å²) in [6.07, 6.45) is 1.74. The van der Waals surface area contributed by atoms with Crippen LogP contribution in [0.1, 0.15) is 33.1 Å². The van der Waals surface area contributed by atoms with Gasteiger partial charge in [0, 0.05) is 0 Å². The smallest absolute Gasteiger partial charge is 0.0431 e. The third-order valence-electron chi connectivity index (χ3n) is 0.707. The number of carbonyl (C=O) groups excluding carboxylic acids is 1. The Labute approximate surface area is 55.3 Å². The molecule has 0 aromatic heterocycles. The fourth-order valence-corrected chi connectivity index (χ4v) is 0.354. The van der Waals surface area contributed by atoms with Crippen molar-refractivity contribution in [3.63, 3.8) is 0 Å². The average Bonchev–Trinajstić information content (AvgIpc) is 1.66. The van der Waals surface area contributed by atoms with Gasteiger partial charge in [0.15, 0.2) is 0 Å². The van der Waals surface area contributed by atoms with Crippen LogP contribution < -0.4 is 10.2 Å². The zero-order valence-corrected chi connectivity index (χ0v) is 5.85. The van der Waals surface area contributed by atoms with Crippen molar-refractivity contribution in [2.45, 2.75) is 33.1 Å². The largest absolute Gasteiger partial charge is 0.652 e. The van der Waals surface area contributed by atoms with Crippen LogP contribution in [0.25, 0.3) is 0 Å². The number of carbonyl (C=O) groups is 1. The van der Waals surface area contributed by atoms with Crippen LogP contribution in [0, 0.1) is 0 Å². The lowest BCUT2D eigenvalue weighted by atomic mass is 10.3. The first-order valence-corrected chi connectivity index (χ1v) is 3.03. The van der Waals surface area contributed by atoms with Gasteiger partial charge in [-0.05, 0) is 6.16 Å². The Kier molecular flexibility index (Phi) is 12.7. The maximum atomic E-state index is 8.33. The number of carboxylic acid groups (broad SMARTS) is 2. The number of hydrogen-bond donors (Lipinski definition) is 0. The van der Waals surface area contributed by atoms with Gasteiger partial charge >= 0.3 is 0 Å². The van der Waals surface area contributed by atoms with Crippen LogP contribution >= 0.6 is 0 Å². The predicted octanol–water partition coefficient (Wildman–Crippen LogP) is -0.251. The molecule has 0 radical (unpaired) electrons. The van der Waals surface area contributed by atoms with Gasteiger partial charge in [-0.3, -0.25) is 0 Å². The highest BCUT2D eigenvalue weighted by atomic mass is 16.6. The van der Waals surface area contributed by atoms with Crippen LogP contribution in [0.15, 0.2) is 0 Å². The predicted molar refractivity (Wildman–Crippen MR) is 30.6 cm³/mol. The molecule has 0 heterocycles. The minimum atomic E-state index is -2.33. The maximum absolute atomic E-state index is 8.33. The lowest BCUT2D eigenvalue weighted by Gasteiger charge is -1.96. The first-order valence-electron chi connectivity index (χ1n) is 3.03. The van der Waals surface area contributed by atoms with Crippen molar-refractivity contribution in [1.29, 1.82) is 0 Å². The third kappa shape index (κ3) is 125. The molecule has 3 heteroatoms. The molecule has 0 aliphatic carbocycles. The molecule has 0 unspecified atom stereocenters. The SMILES string of the molecule is CCCCC.O=C([O-])[O-]. The van der Waals surface area contributed by atoms with Gasteiger partial charge in [-0.25, -0.2) is 0 Å². The minimum absolute atomic E-state index is 1.34. The Bertz CT molecular complexity index is 55.3.